The van der Waals surface area contributed by atoms with Crippen molar-refractivity contribution in [1.82, 2.24) is 4.98 Å². The number of aromatic nitrogens is 1. The number of hydrogen-bond donors (Lipinski definition) is 2. The molecule has 0 spiro atoms. The van der Waals surface area contributed by atoms with E-state index in [-0.39, 0.29) is 6.04 Å². The van der Waals surface area contributed by atoms with Crippen molar-refractivity contribution in [3.8, 4) is 0 Å². The molecule has 0 aliphatic rings. The Balaban J connectivity index is 2.35. The van der Waals surface area contributed by atoms with Gasteiger partial charge >= 0.3 is 0 Å². The van der Waals surface area contributed by atoms with E-state index in [1.54, 1.807) is 0 Å². The van der Waals surface area contributed by atoms with Gasteiger partial charge in [0.1, 0.15) is 0 Å². The number of nitrogens with one attached hydrogen (secondary N) is 1. The maximum atomic E-state index is 6.04. The summed E-state index contributed by atoms with van der Waals surface area (Å²) in [6.45, 7) is 2.16. The van der Waals surface area contributed by atoms with Crippen LogP contribution in [0.5, 0.6) is 0 Å². The number of para-hydroxylation sites is 1. The number of fused-ring (bicyclic) bond motifs is 1. The molecule has 0 saturated carbocycles. The Morgan fingerprint density at radius 3 is 2.86 bits per heavy atom. The first-order valence-corrected chi connectivity index (χ1v) is 5.14. The Morgan fingerprint density at radius 2 is 2.14 bits per heavy atom. The van der Waals surface area contributed by atoms with Gasteiger partial charge in [0, 0.05) is 17.3 Å². The zero-order valence-corrected chi connectivity index (χ0v) is 8.46. The second kappa shape index (κ2) is 3.84. The Hall–Kier alpha value is -1.28. The highest BCUT2D eigenvalue weighted by molar-refractivity contribution is 5.80. The van der Waals surface area contributed by atoms with Gasteiger partial charge in [-0.3, -0.25) is 0 Å². The third-order valence-corrected chi connectivity index (χ3v) is 2.55. The van der Waals surface area contributed by atoms with Gasteiger partial charge in [0.15, 0.2) is 0 Å². The minimum absolute atomic E-state index is 0.146. The minimum Gasteiger partial charge on any atom is -0.357 e. The fourth-order valence-electron chi connectivity index (χ4n) is 1.76. The van der Waals surface area contributed by atoms with Gasteiger partial charge in [0.25, 0.3) is 0 Å². The molecule has 0 radical (unpaired) electrons. The van der Waals surface area contributed by atoms with Crippen LogP contribution in [0.15, 0.2) is 30.3 Å². The van der Waals surface area contributed by atoms with Crippen LogP contribution in [0.25, 0.3) is 10.9 Å². The van der Waals surface area contributed by atoms with Crippen LogP contribution in [0, 0.1) is 0 Å². The van der Waals surface area contributed by atoms with E-state index in [0.717, 1.165) is 18.5 Å². The minimum atomic E-state index is 0.146. The van der Waals surface area contributed by atoms with E-state index >= 15 is 0 Å². The van der Waals surface area contributed by atoms with Crippen LogP contribution in [0.2, 0.25) is 0 Å². The first-order chi connectivity index (χ1) is 6.81. The van der Waals surface area contributed by atoms with E-state index in [1.165, 1.54) is 10.9 Å². The predicted octanol–water partition coefficient (Wildman–Crippen LogP) is 2.97. The lowest BCUT2D eigenvalue weighted by atomic mass is 10.1. The summed E-state index contributed by atoms with van der Waals surface area (Å²) in [5.41, 5.74) is 8.36. The van der Waals surface area contributed by atoms with Gasteiger partial charge in [-0.25, -0.2) is 0 Å². The smallest absolute Gasteiger partial charge is 0.0456 e. The van der Waals surface area contributed by atoms with Gasteiger partial charge in [0.2, 0.25) is 0 Å². The van der Waals surface area contributed by atoms with Crippen molar-refractivity contribution in [2.45, 2.75) is 25.8 Å². The van der Waals surface area contributed by atoms with Crippen molar-refractivity contribution in [2.75, 3.05) is 0 Å². The molecule has 0 aliphatic heterocycles. The van der Waals surface area contributed by atoms with Gasteiger partial charge in [-0.1, -0.05) is 31.5 Å². The fourth-order valence-corrected chi connectivity index (χ4v) is 1.76. The van der Waals surface area contributed by atoms with Crippen molar-refractivity contribution in [2.24, 2.45) is 5.73 Å². The van der Waals surface area contributed by atoms with Crippen LogP contribution in [-0.2, 0) is 0 Å². The Kier molecular flexibility index (Phi) is 2.55. The van der Waals surface area contributed by atoms with E-state index in [2.05, 4.69) is 30.1 Å². The summed E-state index contributed by atoms with van der Waals surface area (Å²) < 4.78 is 0. The van der Waals surface area contributed by atoms with Crippen LogP contribution in [0.4, 0.5) is 0 Å². The maximum Gasteiger partial charge on any atom is 0.0456 e. The summed E-state index contributed by atoms with van der Waals surface area (Å²) in [5.74, 6) is 0. The van der Waals surface area contributed by atoms with Gasteiger partial charge in [-0.15, -0.1) is 0 Å². The number of H-pyrrole nitrogens is 1. The lowest BCUT2D eigenvalue weighted by Crippen LogP contribution is -2.09. The molecular formula is C12H16N2. The number of nitrogens with two attached hydrogens (primary N) is 1. The molecule has 1 unspecified atom stereocenters. The molecule has 0 aliphatic carbocycles. The molecule has 0 fully saturated rings. The van der Waals surface area contributed by atoms with Crippen LogP contribution in [0.3, 0.4) is 0 Å². The Morgan fingerprint density at radius 1 is 1.36 bits per heavy atom. The second-order valence-corrected chi connectivity index (χ2v) is 3.71. The number of benzene rings is 1. The first-order valence-electron chi connectivity index (χ1n) is 5.14. The summed E-state index contributed by atoms with van der Waals surface area (Å²) >= 11 is 0. The van der Waals surface area contributed by atoms with E-state index in [1.807, 2.05) is 12.1 Å². The van der Waals surface area contributed by atoms with E-state index in [9.17, 15) is 0 Å². The average molecular weight is 188 g/mol. The molecule has 0 amide bonds. The largest absolute Gasteiger partial charge is 0.357 e. The van der Waals surface area contributed by atoms with Crippen molar-refractivity contribution in [1.29, 1.82) is 0 Å². The highest BCUT2D eigenvalue weighted by Crippen LogP contribution is 2.20. The highest BCUT2D eigenvalue weighted by Gasteiger charge is 2.07. The predicted molar refractivity (Wildman–Crippen MR) is 60.1 cm³/mol. The topological polar surface area (TPSA) is 41.8 Å². The van der Waals surface area contributed by atoms with Gasteiger partial charge in [0.05, 0.1) is 0 Å². The van der Waals surface area contributed by atoms with Crippen LogP contribution in [0.1, 0.15) is 31.5 Å². The molecule has 2 rings (SSSR count). The average Bonchev–Trinajstić information content (AvgIpc) is 2.61. The van der Waals surface area contributed by atoms with Crippen molar-refractivity contribution in [3.05, 3.63) is 36.0 Å². The number of aromatic amines is 1. The summed E-state index contributed by atoms with van der Waals surface area (Å²) in [5, 5.41) is 1.24. The molecule has 1 heterocycles. The summed E-state index contributed by atoms with van der Waals surface area (Å²) in [4.78, 5) is 3.36. The quantitative estimate of drug-likeness (QED) is 0.764. The lowest BCUT2D eigenvalue weighted by Gasteiger charge is -2.06. The molecule has 0 saturated heterocycles. The number of rotatable bonds is 3. The monoisotopic (exact) mass is 188 g/mol. The molecule has 0 bridgehead atoms. The molecule has 14 heavy (non-hydrogen) atoms. The first kappa shape index (κ1) is 9.28. The molecule has 1 aromatic carbocycles. The molecule has 2 nitrogen and oxygen atoms in total. The third-order valence-electron chi connectivity index (χ3n) is 2.55. The van der Waals surface area contributed by atoms with Gasteiger partial charge in [-0.05, 0) is 23.9 Å². The van der Waals surface area contributed by atoms with Crippen molar-refractivity contribution >= 4 is 10.9 Å². The van der Waals surface area contributed by atoms with E-state index in [0.29, 0.717) is 0 Å². The van der Waals surface area contributed by atoms with E-state index in [4.69, 9.17) is 5.73 Å². The normalized spacial score (nSPS) is 13.3. The zero-order valence-electron chi connectivity index (χ0n) is 8.46. The Bertz CT molecular complexity index is 384. The summed E-state index contributed by atoms with van der Waals surface area (Å²) in [6.07, 6.45) is 2.16. The van der Waals surface area contributed by atoms with Crippen molar-refractivity contribution < 1.29 is 0 Å². The molecule has 74 valence electrons. The SMILES string of the molecule is CCCC(N)c1cc2ccccc2[nH]1. The van der Waals surface area contributed by atoms with E-state index < -0.39 is 0 Å². The fraction of sp³-hybridized carbons (Fsp3) is 0.333. The number of hydrogen-bond acceptors (Lipinski definition) is 1. The zero-order chi connectivity index (χ0) is 9.97. The summed E-state index contributed by atoms with van der Waals surface area (Å²) in [7, 11) is 0. The Labute approximate surface area is 84.1 Å². The van der Waals surface area contributed by atoms with Crippen LogP contribution < -0.4 is 5.73 Å². The lowest BCUT2D eigenvalue weighted by molar-refractivity contribution is 0.626. The van der Waals surface area contributed by atoms with Gasteiger partial charge in [-0.2, -0.15) is 0 Å². The standard InChI is InChI=1S/C12H16N2/c1-2-5-10(13)12-8-9-6-3-4-7-11(9)14-12/h3-4,6-8,10,14H,2,5,13H2,1H3. The molecule has 2 heteroatoms. The van der Waals surface area contributed by atoms with Gasteiger partial charge < -0.3 is 10.7 Å². The van der Waals surface area contributed by atoms with Crippen LogP contribution in [-0.4, -0.2) is 4.98 Å². The second-order valence-electron chi connectivity index (χ2n) is 3.71. The molecule has 1 aromatic heterocycles. The highest BCUT2D eigenvalue weighted by atomic mass is 14.8. The third kappa shape index (κ3) is 1.66. The maximum absolute atomic E-state index is 6.04. The molecule has 1 atom stereocenters. The summed E-state index contributed by atoms with van der Waals surface area (Å²) in [6, 6.07) is 10.6. The molecule has 3 N–H and O–H groups in total. The van der Waals surface area contributed by atoms with Crippen LogP contribution >= 0.6 is 0 Å². The molecular weight excluding hydrogens is 172 g/mol. The van der Waals surface area contributed by atoms with Crippen molar-refractivity contribution in [3.63, 3.8) is 0 Å². The molecule has 2 aromatic rings.